The summed E-state index contributed by atoms with van der Waals surface area (Å²) in [5, 5.41) is 3.10. The van der Waals surface area contributed by atoms with E-state index in [1.807, 2.05) is 24.0 Å². The smallest absolute Gasteiger partial charge is 0.318 e. The lowest BCUT2D eigenvalue weighted by Gasteiger charge is -2.26. The van der Waals surface area contributed by atoms with Crippen LogP contribution in [0.5, 0.6) is 0 Å². The fourth-order valence-corrected chi connectivity index (χ4v) is 2.24. The summed E-state index contributed by atoms with van der Waals surface area (Å²) in [5.41, 5.74) is 1.09. The van der Waals surface area contributed by atoms with Gasteiger partial charge < -0.3 is 10.2 Å². The molecule has 1 N–H and O–H groups in total. The standard InChI is InChI=1S/C16H25N3O/c1-12(2)8-11-19(15-4-5-15)16(20)18-13(3)14-6-9-17-10-7-14/h6-7,9-10,12-13,15H,4-5,8,11H2,1-3H3,(H,18,20). The number of urea groups is 1. The summed E-state index contributed by atoms with van der Waals surface area (Å²) in [4.78, 5) is 18.4. The van der Waals surface area contributed by atoms with Crippen LogP contribution in [0.1, 0.15) is 51.6 Å². The molecule has 1 aromatic heterocycles. The molecule has 0 aromatic carbocycles. The van der Waals surface area contributed by atoms with Crippen molar-refractivity contribution in [3.8, 4) is 0 Å². The van der Waals surface area contributed by atoms with Gasteiger partial charge in [0.1, 0.15) is 0 Å². The Morgan fingerprint density at radius 1 is 1.35 bits per heavy atom. The van der Waals surface area contributed by atoms with Crippen molar-refractivity contribution >= 4 is 6.03 Å². The molecule has 2 rings (SSSR count). The second-order valence-electron chi connectivity index (χ2n) is 6.06. The lowest BCUT2D eigenvalue weighted by molar-refractivity contribution is 0.188. The Hall–Kier alpha value is -1.58. The summed E-state index contributed by atoms with van der Waals surface area (Å²) in [5.74, 6) is 0.627. The first kappa shape index (κ1) is 14.8. The SMILES string of the molecule is CC(C)CCN(C(=O)NC(C)c1ccncc1)C1CC1. The van der Waals surface area contributed by atoms with Crippen LogP contribution in [0.4, 0.5) is 4.79 Å². The van der Waals surface area contributed by atoms with Crippen LogP contribution in [0.25, 0.3) is 0 Å². The number of carbonyl (C=O) groups is 1. The highest BCUT2D eigenvalue weighted by molar-refractivity contribution is 5.75. The van der Waals surface area contributed by atoms with E-state index in [-0.39, 0.29) is 12.1 Å². The van der Waals surface area contributed by atoms with Crippen LogP contribution in [0.3, 0.4) is 0 Å². The van der Waals surface area contributed by atoms with Crippen molar-refractivity contribution in [1.82, 2.24) is 15.2 Å². The van der Waals surface area contributed by atoms with Gasteiger partial charge in [-0.1, -0.05) is 13.8 Å². The Kier molecular flexibility index (Phi) is 4.99. The third-order valence-corrected chi connectivity index (χ3v) is 3.74. The highest BCUT2D eigenvalue weighted by Gasteiger charge is 2.32. The third kappa shape index (κ3) is 4.22. The maximum Gasteiger partial charge on any atom is 0.318 e. The van der Waals surface area contributed by atoms with Crippen LogP contribution < -0.4 is 5.32 Å². The van der Waals surface area contributed by atoms with Crippen molar-refractivity contribution < 1.29 is 4.79 Å². The first-order valence-corrected chi connectivity index (χ1v) is 7.55. The number of hydrogen-bond donors (Lipinski definition) is 1. The monoisotopic (exact) mass is 275 g/mol. The van der Waals surface area contributed by atoms with Gasteiger partial charge >= 0.3 is 6.03 Å². The molecule has 1 fully saturated rings. The van der Waals surface area contributed by atoms with Crippen LogP contribution in [0.2, 0.25) is 0 Å². The molecular weight excluding hydrogens is 250 g/mol. The molecule has 110 valence electrons. The second kappa shape index (κ2) is 6.73. The Bertz CT molecular complexity index is 429. The maximum atomic E-state index is 12.4. The summed E-state index contributed by atoms with van der Waals surface area (Å²) >= 11 is 0. The molecule has 1 atom stereocenters. The van der Waals surface area contributed by atoms with Crippen molar-refractivity contribution in [2.24, 2.45) is 5.92 Å². The van der Waals surface area contributed by atoms with E-state index in [0.717, 1.165) is 31.4 Å². The number of nitrogens with one attached hydrogen (secondary N) is 1. The van der Waals surface area contributed by atoms with Crippen molar-refractivity contribution in [2.75, 3.05) is 6.54 Å². The van der Waals surface area contributed by atoms with E-state index in [4.69, 9.17) is 0 Å². The average molecular weight is 275 g/mol. The van der Waals surface area contributed by atoms with E-state index < -0.39 is 0 Å². The zero-order valence-corrected chi connectivity index (χ0v) is 12.7. The third-order valence-electron chi connectivity index (χ3n) is 3.74. The Labute approximate surface area is 121 Å². The van der Waals surface area contributed by atoms with Crippen LogP contribution in [-0.4, -0.2) is 28.5 Å². The minimum atomic E-state index is 0.0193. The van der Waals surface area contributed by atoms with E-state index in [1.165, 1.54) is 0 Å². The molecule has 0 spiro atoms. The molecule has 2 amide bonds. The zero-order valence-electron chi connectivity index (χ0n) is 12.7. The average Bonchev–Trinajstić information content (AvgIpc) is 3.24. The summed E-state index contributed by atoms with van der Waals surface area (Å²) < 4.78 is 0. The topological polar surface area (TPSA) is 45.2 Å². The minimum Gasteiger partial charge on any atom is -0.331 e. The van der Waals surface area contributed by atoms with Crippen LogP contribution in [0, 0.1) is 5.92 Å². The van der Waals surface area contributed by atoms with E-state index in [2.05, 4.69) is 24.1 Å². The number of aromatic nitrogens is 1. The van der Waals surface area contributed by atoms with Crippen molar-refractivity contribution in [3.05, 3.63) is 30.1 Å². The number of pyridine rings is 1. The Morgan fingerprint density at radius 2 is 2.00 bits per heavy atom. The number of amides is 2. The molecule has 20 heavy (non-hydrogen) atoms. The lowest BCUT2D eigenvalue weighted by atomic mass is 10.1. The number of nitrogens with zero attached hydrogens (tertiary/aromatic N) is 2. The van der Waals surface area contributed by atoms with Gasteiger partial charge in [0.15, 0.2) is 0 Å². The maximum absolute atomic E-state index is 12.4. The van der Waals surface area contributed by atoms with Gasteiger partial charge in [0, 0.05) is 25.0 Å². The van der Waals surface area contributed by atoms with Crippen molar-refractivity contribution in [3.63, 3.8) is 0 Å². The molecule has 0 radical (unpaired) electrons. The first-order valence-electron chi connectivity index (χ1n) is 7.55. The molecule has 1 aliphatic carbocycles. The fraction of sp³-hybridized carbons (Fsp3) is 0.625. The van der Waals surface area contributed by atoms with Crippen molar-refractivity contribution in [2.45, 2.75) is 52.1 Å². The molecule has 4 heteroatoms. The predicted molar refractivity (Wildman–Crippen MR) is 80.4 cm³/mol. The summed E-state index contributed by atoms with van der Waals surface area (Å²) in [6, 6.07) is 4.43. The van der Waals surface area contributed by atoms with Gasteiger partial charge in [0.2, 0.25) is 0 Å². The minimum absolute atomic E-state index is 0.0193. The number of rotatable bonds is 6. The van der Waals surface area contributed by atoms with Crippen LogP contribution in [0.15, 0.2) is 24.5 Å². The predicted octanol–water partition coefficient (Wildman–Crippen LogP) is 3.36. The lowest BCUT2D eigenvalue weighted by Crippen LogP contribution is -2.43. The van der Waals surface area contributed by atoms with E-state index >= 15 is 0 Å². The van der Waals surface area contributed by atoms with Gasteiger partial charge in [-0.2, -0.15) is 0 Å². The van der Waals surface area contributed by atoms with Gasteiger partial charge in [-0.3, -0.25) is 4.98 Å². The van der Waals surface area contributed by atoms with Gasteiger partial charge in [0.05, 0.1) is 6.04 Å². The number of hydrogen-bond acceptors (Lipinski definition) is 2. The zero-order chi connectivity index (χ0) is 14.5. The molecule has 0 saturated heterocycles. The molecule has 1 saturated carbocycles. The first-order chi connectivity index (χ1) is 9.58. The van der Waals surface area contributed by atoms with Gasteiger partial charge in [0.25, 0.3) is 0 Å². The van der Waals surface area contributed by atoms with E-state index in [1.54, 1.807) is 12.4 Å². The second-order valence-corrected chi connectivity index (χ2v) is 6.06. The molecule has 0 aliphatic heterocycles. The quantitative estimate of drug-likeness (QED) is 0.865. The Balaban J connectivity index is 1.91. The van der Waals surface area contributed by atoms with Gasteiger partial charge in [-0.05, 0) is 49.8 Å². The molecule has 0 bridgehead atoms. The Morgan fingerprint density at radius 3 is 2.55 bits per heavy atom. The van der Waals surface area contributed by atoms with E-state index in [9.17, 15) is 4.79 Å². The molecular formula is C16H25N3O. The molecule has 1 aliphatic rings. The number of carbonyl (C=O) groups excluding carboxylic acids is 1. The van der Waals surface area contributed by atoms with Crippen molar-refractivity contribution in [1.29, 1.82) is 0 Å². The normalized spacial score (nSPS) is 16.0. The highest BCUT2D eigenvalue weighted by atomic mass is 16.2. The molecule has 1 heterocycles. The highest BCUT2D eigenvalue weighted by Crippen LogP contribution is 2.28. The van der Waals surface area contributed by atoms with Crippen LogP contribution in [-0.2, 0) is 0 Å². The summed E-state index contributed by atoms with van der Waals surface area (Å²) in [6.45, 7) is 7.27. The van der Waals surface area contributed by atoms with Gasteiger partial charge in [-0.25, -0.2) is 4.79 Å². The molecule has 4 nitrogen and oxygen atoms in total. The largest absolute Gasteiger partial charge is 0.331 e. The molecule has 1 aromatic rings. The molecule has 1 unspecified atom stereocenters. The van der Waals surface area contributed by atoms with Gasteiger partial charge in [-0.15, -0.1) is 0 Å². The fourth-order valence-electron chi connectivity index (χ4n) is 2.24. The van der Waals surface area contributed by atoms with E-state index in [0.29, 0.717) is 12.0 Å². The van der Waals surface area contributed by atoms with Crippen LogP contribution >= 0.6 is 0 Å². The summed E-state index contributed by atoms with van der Waals surface area (Å²) in [7, 11) is 0. The summed E-state index contributed by atoms with van der Waals surface area (Å²) in [6.07, 6.45) is 6.88.